The summed E-state index contributed by atoms with van der Waals surface area (Å²) in [5, 5.41) is 17.2. The largest absolute Gasteiger partial charge is 0.459 e. The number of carbonyl (C=O) groups excluding carboxylic acids is 1. The molecular weight excluding hydrogens is 444 g/mol. The lowest BCUT2D eigenvalue weighted by molar-refractivity contribution is -0.126. The van der Waals surface area contributed by atoms with Crippen LogP contribution in [-0.2, 0) is 4.79 Å². The molecule has 1 unspecified atom stereocenters. The molecule has 9 heteroatoms. The summed E-state index contributed by atoms with van der Waals surface area (Å²) in [5.41, 5.74) is 3.20. The van der Waals surface area contributed by atoms with Crippen molar-refractivity contribution in [1.82, 2.24) is 20.1 Å². The Kier molecular flexibility index (Phi) is 6.10. The second kappa shape index (κ2) is 9.50. The fraction of sp³-hybridized carbons (Fsp3) is 0.308. The molecule has 35 heavy (non-hydrogen) atoms. The highest BCUT2D eigenvalue weighted by molar-refractivity contribution is 5.79. The van der Waals surface area contributed by atoms with Crippen molar-refractivity contribution in [2.24, 2.45) is 5.92 Å². The molecule has 0 saturated carbocycles. The Labute approximate surface area is 203 Å². The molecule has 1 fully saturated rings. The Hall–Kier alpha value is -4.32. The molecule has 1 N–H and O–H groups in total. The molecule has 4 heterocycles. The molecule has 4 aromatic rings. The number of hydrogen-bond donors (Lipinski definition) is 1. The number of rotatable bonds is 6. The van der Waals surface area contributed by atoms with Crippen LogP contribution in [0.2, 0.25) is 0 Å². The summed E-state index contributed by atoms with van der Waals surface area (Å²) in [4.78, 5) is 19.3. The van der Waals surface area contributed by atoms with Crippen molar-refractivity contribution in [2.75, 3.05) is 18.0 Å². The minimum atomic E-state index is -0.159. The van der Waals surface area contributed by atoms with Crippen molar-refractivity contribution in [1.29, 1.82) is 5.26 Å². The number of nitriles is 1. The summed E-state index contributed by atoms with van der Waals surface area (Å²) in [7, 11) is 0. The number of nitrogens with zero attached hydrogens (tertiary/aromatic N) is 5. The first-order valence-electron chi connectivity index (χ1n) is 11.6. The summed E-state index contributed by atoms with van der Waals surface area (Å²) >= 11 is 0. The quantitative estimate of drug-likeness (QED) is 0.444. The van der Waals surface area contributed by atoms with Gasteiger partial charge < -0.3 is 19.1 Å². The number of para-hydroxylation sites is 1. The SMILES string of the molecule is Cc1c(C(C)NC(=O)C2CCN(c3oc(-c4ccco4)nc3C#N)CC2)cnn1-c1ccccc1. The topological polar surface area (TPSA) is 113 Å². The fourth-order valence-corrected chi connectivity index (χ4v) is 4.54. The van der Waals surface area contributed by atoms with Crippen LogP contribution < -0.4 is 10.2 Å². The summed E-state index contributed by atoms with van der Waals surface area (Å²) in [5.74, 6) is 1.09. The van der Waals surface area contributed by atoms with Crippen molar-refractivity contribution < 1.29 is 13.6 Å². The van der Waals surface area contributed by atoms with Gasteiger partial charge >= 0.3 is 0 Å². The van der Waals surface area contributed by atoms with Gasteiger partial charge in [0.15, 0.2) is 5.76 Å². The molecule has 1 aliphatic rings. The Morgan fingerprint density at radius 3 is 2.66 bits per heavy atom. The number of aromatic nitrogens is 3. The van der Waals surface area contributed by atoms with Crippen molar-refractivity contribution >= 4 is 11.8 Å². The van der Waals surface area contributed by atoms with Crippen molar-refractivity contribution in [2.45, 2.75) is 32.7 Å². The van der Waals surface area contributed by atoms with Crippen LogP contribution in [0.15, 0.2) is 63.8 Å². The predicted octanol–water partition coefficient (Wildman–Crippen LogP) is 4.39. The van der Waals surface area contributed by atoms with Crippen LogP contribution in [0.3, 0.4) is 0 Å². The monoisotopic (exact) mass is 470 g/mol. The molecule has 3 aromatic heterocycles. The summed E-state index contributed by atoms with van der Waals surface area (Å²) < 4.78 is 13.1. The number of anilines is 1. The van der Waals surface area contributed by atoms with Gasteiger partial charge in [-0.25, -0.2) is 4.68 Å². The summed E-state index contributed by atoms with van der Waals surface area (Å²) in [6.45, 7) is 5.19. The second-order valence-electron chi connectivity index (χ2n) is 8.69. The molecule has 0 radical (unpaired) electrons. The van der Waals surface area contributed by atoms with Gasteiger partial charge in [-0.2, -0.15) is 15.3 Å². The number of piperidine rings is 1. The molecule has 0 aliphatic carbocycles. The number of amides is 1. The molecule has 178 valence electrons. The normalized spacial score (nSPS) is 15.1. The van der Waals surface area contributed by atoms with Gasteiger partial charge in [0.1, 0.15) is 6.07 Å². The van der Waals surface area contributed by atoms with Crippen LogP contribution >= 0.6 is 0 Å². The van der Waals surface area contributed by atoms with E-state index in [1.165, 1.54) is 6.26 Å². The molecule has 1 atom stereocenters. The third kappa shape index (κ3) is 4.43. The fourth-order valence-electron chi connectivity index (χ4n) is 4.54. The van der Waals surface area contributed by atoms with E-state index in [2.05, 4.69) is 21.5 Å². The molecule has 1 aromatic carbocycles. The van der Waals surface area contributed by atoms with Gasteiger partial charge in [-0.1, -0.05) is 18.2 Å². The van der Waals surface area contributed by atoms with Crippen LogP contribution in [0.5, 0.6) is 0 Å². The van der Waals surface area contributed by atoms with Crippen LogP contribution in [0.1, 0.15) is 42.8 Å². The van der Waals surface area contributed by atoms with Crippen LogP contribution in [0, 0.1) is 24.2 Å². The highest BCUT2D eigenvalue weighted by Crippen LogP contribution is 2.31. The van der Waals surface area contributed by atoms with E-state index in [0.29, 0.717) is 37.6 Å². The minimum absolute atomic E-state index is 0.0263. The smallest absolute Gasteiger partial charge is 0.266 e. The lowest BCUT2D eigenvalue weighted by Gasteiger charge is -2.31. The second-order valence-corrected chi connectivity index (χ2v) is 8.69. The Morgan fingerprint density at radius 2 is 1.97 bits per heavy atom. The zero-order valence-corrected chi connectivity index (χ0v) is 19.6. The van der Waals surface area contributed by atoms with Crippen molar-refractivity contribution in [3.05, 3.63) is 71.9 Å². The summed E-state index contributed by atoms with van der Waals surface area (Å²) in [6.07, 6.45) is 4.66. The lowest BCUT2D eigenvalue weighted by Crippen LogP contribution is -2.41. The standard InChI is InChI=1S/C26H26N6O3/c1-17(21-16-28-32(18(21)2)20-7-4-3-5-8-20)29-24(33)19-10-12-31(13-11-19)26-22(15-27)30-25(35-26)23-9-6-14-34-23/h3-9,14,16-17,19H,10-13H2,1-2H3,(H,29,33). The van der Waals surface area contributed by atoms with Gasteiger partial charge in [-0.3, -0.25) is 4.79 Å². The molecular formula is C26H26N6O3. The molecule has 1 aliphatic heterocycles. The molecule has 0 spiro atoms. The van der Waals surface area contributed by atoms with Crippen molar-refractivity contribution in [3.8, 4) is 23.4 Å². The Balaban J connectivity index is 1.21. The summed E-state index contributed by atoms with van der Waals surface area (Å²) in [6, 6.07) is 15.3. The van der Waals surface area contributed by atoms with E-state index in [1.54, 1.807) is 12.1 Å². The first kappa shape index (κ1) is 22.5. The first-order valence-corrected chi connectivity index (χ1v) is 11.6. The zero-order valence-electron chi connectivity index (χ0n) is 19.6. The predicted molar refractivity (Wildman–Crippen MR) is 129 cm³/mol. The molecule has 1 saturated heterocycles. The maximum Gasteiger partial charge on any atom is 0.266 e. The highest BCUT2D eigenvalue weighted by Gasteiger charge is 2.30. The highest BCUT2D eigenvalue weighted by atomic mass is 16.4. The maximum atomic E-state index is 13.0. The third-order valence-electron chi connectivity index (χ3n) is 6.47. The number of nitrogens with one attached hydrogen (secondary N) is 1. The molecule has 9 nitrogen and oxygen atoms in total. The van der Waals surface area contributed by atoms with Gasteiger partial charge in [-0.05, 0) is 51.0 Å². The first-order chi connectivity index (χ1) is 17.0. The Morgan fingerprint density at radius 1 is 1.20 bits per heavy atom. The van der Waals surface area contributed by atoms with Crippen LogP contribution in [0.4, 0.5) is 5.88 Å². The van der Waals surface area contributed by atoms with Gasteiger partial charge in [-0.15, -0.1) is 0 Å². The molecule has 5 rings (SSSR count). The van der Waals surface area contributed by atoms with Gasteiger partial charge in [0.25, 0.3) is 5.89 Å². The number of carbonyl (C=O) groups is 1. The van der Waals surface area contributed by atoms with Gasteiger partial charge in [0.2, 0.25) is 17.5 Å². The number of hydrogen-bond acceptors (Lipinski definition) is 7. The van der Waals surface area contributed by atoms with Crippen LogP contribution in [0.25, 0.3) is 17.3 Å². The minimum Gasteiger partial charge on any atom is -0.459 e. The maximum absolute atomic E-state index is 13.0. The van der Waals surface area contributed by atoms with Crippen LogP contribution in [-0.4, -0.2) is 33.8 Å². The van der Waals surface area contributed by atoms with E-state index >= 15 is 0 Å². The van der Waals surface area contributed by atoms with Gasteiger partial charge in [0.05, 0.1) is 24.2 Å². The van der Waals surface area contributed by atoms with Crippen molar-refractivity contribution in [3.63, 3.8) is 0 Å². The average Bonchev–Trinajstić information content (AvgIpc) is 3.64. The third-order valence-corrected chi connectivity index (χ3v) is 6.47. The zero-order chi connectivity index (χ0) is 24.4. The molecule has 0 bridgehead atoms. The van der Waals surface area contributed by atoms with E-state index in [-0.39, 0.29) is 29.5 Å². The van der Waals surface area contributed by atoms with E-state index in [1.807, 2.05) is 60.0 Å². The number of oxazole rings is 1. The van der Waals surface area contributed by atoms with E-state index in [9.17, 15) is 10.1 Å². The van der Waals surface area contributed by atoms with E-state index in [0.717, 1.165) is 16.9 Å². The average molecular weight is 471 g/mol. The molecule has 1 amide bonds. The van der Waals surface area contributed by atoms with E-state index in [4.69, 9.17) is 8.83 Å². The number of benzene rings is 1. The van der Waals surface area contributed by atoms with E-state index < -0.39 is 0 Å². The Bertz CT molecular complexity index is 1340. The van der Waals surface area contributed by atoms with Gasteiger partial charge in [0, 0.05) is 30.3 Å². The number of furan rings is 1. The lowest BCUT2D eigenvalue weighted by atomic mass is 9.95.